The first-order chi connectivity index (χ1) is 13.4. The van der Waals surface area contributed by atoms with E-state index in [9.17, 15) is 9.59 Å². The van der Waals surface area contributed by atoms with E-state index in [1.165, 1.54) is 0 Å². The molecule has 0 spiro atoms. The van der Waals surface area contributed by atoms with Crippen LogP contribution in [0, 0.1) is 0 Å². The number of carbonyl (C=O) groups is 2. The van der Waals surface area contributed by atoms with Crippen LogP contribution >= 0.6 is 15.9 Å². The van der Waals surface area contributed by atoms with Gasteiger partial charge in [0.25, 0.3) is 0 Å². The SMILES string of the molecule is CCOC(=O)c1n[nH]nc1-c1cc(Br)c(OC(C)C(=O)OCC)c(OCC)c1. The fourth-order valence-electron chi connectivity index (χ4n) is 2.34. The highest BCUT2D eigenvalue weighted by Crippen LogP contribution is 2.40. The summed E-state index contributed by atoms with van der Waals surface area (Å²) in [5, 5.41) is 10.4. The number of esters is 2. The zero-order valence-electron chi connectivity index (χ0n) is 16.1. The highest BCUT2D eigenvalue weighted by molar-refractivity contribution is 9.10. The molecule has 0 radical (unpaired) electrons. The zero-order chi connectivity index (χ0) is 20.7. The Morgan fingerprint density at radius 1 is 1.11 bits per heavy atom. The minimum absolute atomic E-state index is 0.0600. The van der Waals surface area contributed by atoms with Crippen LogP contribution < -0.4 is 9.47 Å². The van der Waals surface area contributed by atoms with Crippen LogP contribution in [0.2, 0.25) is 0 Å². The van der Waals surface area contributed by atoms with Gasteiger partial charge in [0.1, 0.15) is 5.69 Å². The van der Waals surface area contributed by atoms with Crippen LogP contribution in [0.4, 0.5) is 0 Å². The van der Waals surface area contributed by atoms with E-state index in [1.807, 2.05) is 6.92 Å². The van der Waals surface area contributed by atoms with Crippen LogP contribution in [0.15, 0.2) is 16.6 Å². The molecule has 0 amide bonds. The number of hydrogen-bond donors (Lipinski definition) is 1. The van der Waals surface area contributed by atoms with E-state index in [0.29, 0.717) is 33.8 Å². The number of nitrogens with zero attached hydrogens (tertiary/aromatic N) is 2. The molecule has 2 rings (SSSR count). The minimum Gasteiger partial charge on any atom is -0.490 e. The topological polar surface area (TPSA) is 113 Å². The highest BCUT2D eigenvalue weighted by atomic mass is 79.9. The Labute approximate surface area is 170 Å². The molecule has 0 saturated heterocycles. The van der Waals surface area contributed by atoms with E-state index < -0.39 is 18.0 Å². The summed E-state index contributed by atoms with van der Waals surface area (Å²) in [6.07, 6.45) is -0.830. The van der Waals surface area contributed by atoms with Crippen molar-refractivity contribution in [2.24, 2.45) is 0 Å². The predicted octanol–water partition coefficient (Wildman–Crippen LogP) is 3.14. The van der Waals surface area contributed by atoms with Gasteiger partial charge in [0.05, 0.1) is 24.3 Å². The van der Waals surface area contributed by atoms with Crippen LogP contribution in [-0.4, -0.2) is 53.3 Å². The number of hydrogen-bond acceptors (Lipinski definition) is 8. The quantitative estimate of drug-likeness (QED) is 0.573. The first kappa shape index (κ1) is 21.7. The largest absolute Gasteiger partial charge is 0.490 e. The Bertz CT molecular complexity index is 839. The normalized spacial score (nSPS) is 11.6. The number of halogens is 1. The molecular weight excluding hydrogens is 434 g/mol. The molecule has 1 aromatic heterocycles. The third kappa shape index (κ3) is 5.00. The maximum atomic E-state index is 12.1. The van der Waals surface area contributed by atoms with E-state index in [-0.39, 0.29) is 18.9 Å². The lowest BCUT2D eigenvalue weighted by Gasteiger charge is -2.18. The molecule has 1 N–H and O–H groups in total. The molecule has 2 aromatic rings. The smallest absolute Gasteiger partial charge is 0.361 e. The monoisotopic (exact) mass is 455 g/mol. The van der Waals surface area contributed by atoms with Crippen molar-refractivity contribution >= 4 is 27.9 Å². The maximum Gasteiger partial charge on any atom is 0.361 e. The first-order valence-electron chi connectivity index (χ1n) is 8.80. The molecule has 1 unspecified atom stereocenters. The van der Waals surface area contributed by atoms with Crippen LogP contribution in [-0.2, 0) is 14.3 Å². The van der Waals surface area contributed by atoms with Crippen LogP contribution in [0.3, 0.4) is 0 Å². The van der Waals surface area contributed by atoms with Crippen molar-refractivity contribution in [1.29, 1.82) is 0 Å². The van der Waals surface area contributed by atoms with Gasteiger partial charge in [-0.05, 0) is 55.8 Å². The van der Waals surface area contributed by atoms with Crippen LogP contribution in [0.25, 0.3) is 11.3 Å². The molecule has 10 heteroatoms. The second-order valence-electron chi connectivity index (χ2n) is 5.47. The van der Waals surface area contributed by atoms with Gasteiger partial charge in [-0.3, -0.25) is 0 Å². The summed E-state index contributed by atoms with van der Waals surface area (Å²) < 4.78 is 21.9. The van der Waals surface area contributed by atoms with Crippen LogP contribution in [0.5, 0.6) is 11.5 Å². The lowest BCUT2D eigenvalue weighted by atomic mass is 10.1. The maximum absolute atomic E-state index is 12.1. The van der Waals surface area contributed by atoms with Crippen molar-refractivity contribution in [3.8, 4) is 22.8 Å². The van der Waals surface area contributed by atoms with E-state index in [0.717, 1.165) is 0 Å². The summed E-state index contributed by atoms with van der Waals surface area (Å²) in [7, 11) is 0. The molecule has 1 atom stereocenters. The molecule has 0 saturated carbocycles. The Hall–Kier alpha value is -2.62. The average molecular weight is 456 g/mol. The predicted molar refractivity (Wildman–Crippen MR) is 103 cm³/mol. The van der Waals surface area contributed by atoms with Gasteiger partial charge in [0.2, 0.25) is 0 Å². The summed E-state index contributed by atoms with van der Waals surface area (Å²) >= 11 is 3.43. The fourth-order valence-corrected chi connectivity index (χ4v) is 2.88. The lowest BCUT2D eigenvalue weighted by molar-refractivity contribution is -0.150. The molecular formula is C18H22BrN3O6. The molecule has 0 fully saturated rings. The van der Waals surface area contributed by atoms with E-state index in [2.05, 4.69) is 31.3 Å². The third-order valence-corrected chi connectivity index (χ3v) is 4.10. The standard InChI is InChI=1S/C18H22BrN3O6/c1-5-25-13-9-11(14-15(21-22-20-14)18(24)27-7-3)8-12(19)16(13)28-10(4)17(23)26-6-2/h8-10H,5-7H2,1-4H3,(H,20,21,22). The number of aromatic amines is 1. The Morgan fingerprint density at radius 2 is 1.82 bits per heavy atom. The number of benzene rings is 1. The van der Waals surface area contributed by atoms with Gasteiger partial charge < -0.3 is 18.9 Å². The van der Waals surface area contributed by atoms with Gasteiger partial charge >= 0.3 is 11.9 Å². The van der Waals surface area contributed by atoms with Crippen LogP contribution in [0.1, 0.15) is 38.2 Å². The number of aromatic nitrogens is 3. The molecule has 0 bridgehead atoms. The van der Waals surface area contributed by atoms with E-state index in [1.54, 1.807) is 32.9 Å². The molecule has 9 nitrogen and oxygen atoms in total. The molecule has 28 heavy (non-hydrogen) atoms. The average Bonchev–Trinajstić information content (AvgIpc) is 3.14. The van der Waals surface area contributed by atoms with Gasteiger partial charge in [-0.1, -0.05) is 0 Å². The third-order valence-electron chi connectivity index (χ3n) is 3.51. The van der Waals surface area contributed by atoms with Gasteiger partial charge in [0, 0.05) is 5.56 Å². The Balaban J connectivity index is 2.42. The number of carbonyl (C=O) groups excluding carboxylic acids is 2. The van der Waals surface area contributed by atoms with Crippen molar-refractivity contribution in [3.63, 3.8) is 0 Å². The second kappa shape index (κ2) is 10.1. The van der Waals surface area contributed by atoms with E-state index in [4.69, 9.17) is 18.9 Å². The number of rotatable bonds is 9. The van der Waals surface area contributed by atoms with Crippen molar-refractivity contribution in [2.45, 2.75) is 33.8 Å². The van der Waals surface area contributed by atoms with Crippen molar-refractivity contribution in [3.05, 3.63) is 22.3 Å². The zero-order valence-corrected chi connectivity index (χ0v) is 17.7. The second-order valence-corrected chi connectivity index (χ2v) is 6.33. The van der Waals surface area contributed by atoms with Gasteiger partial charge in [-0.25, -0.2) is 9.59 Å². The fraction of sp³-hybridized carbons (Fsp3) is 0.444. The van der Waals surface area contributed by atoms with Crippen molar-refractivity contribution < 1.29 is 28.5 Å². The van der Waals surface area contributed by atoms with Gasteiger partial charge in [-0.15, -0.1) is 5.10 Å². The minimum atomic E-state index is -0.830. The number of nitrogens with one attached hydrogen (secondary N) is 1. The molecule has 152 valence electrons. The Morgan fingerprint density at radius 3 is 2.46 bits per heavy atom. The van der Waals surface area contributed by atoms with Crippen molar-refractivity contribution in [2.75, 3.05) is 19.8 Å². The lowest BCUT2D eigenvalue weighted by Crippen LogP contribution is -2.26. The number of ether oxygens (including phenoxy) is 4. The number of H-pyrrole nitrogens is 1. The van der Waals surface area contributed by atoms with Gasteiger partial charge in [-0.2, -0.15) is 10.3 Å². The molecule has 0 aliphatic rings. The van der Waals surface area contributed by atoms with Crippen molar-refractivity contribution in [1.82, 2.24) is 15.4 Å². The summed E-state index contributed by atoms with van der Waals surface area (Å²) in [5.74, 6) is -0.355. The van der Waals surface area contributed by atoms with Gasteiger partial charge in [0.15, 0.2) is 23.3 Å². The summed E-state index contributed by atoms with van der Waals surface area (Å²) in [5.41, 5.74) is 0.929. The molecule has 0 aliphatic heterocycles. The first-order valence-corrected chi connectivity index (χ1v) is 9.59. The summed E-state index contributed by atoms with van der Waals surface area (Å²) in [4.78, 5) is 24.0. The molecule has 1 aromatic carbocycles. The summed E-state index contributed by atoms with van der Waals surface area (Å²) in [6.45, 7) is 7.68. The summed E-state index contributed by atoms with van der Waals surface area (Å²) in [6, 6.07) is 3.35. The Kier molecular flexibility index (Phi) is 7.80. The molecule has 0 aliphatic carbocycles. The van der Waals surface area contributed by atoms with E-state index >= 15 is 0 Å². The highest BCUT2D eigenvalue weighted by Gasteiger charge is 2.24. The molecule has 1 heterocycles.